The molecule has 0 saturated carbocycles. The van der Waals surface area contributed by atoms with Gasteiger partial charge in [-0.3, -0.25) is 4.31 Å². The first-order valence-electron chi connectivity index (χ1n) is 5.81. The fourth-order valence-corrected chi connectivity index (χ4v) is 3.17. The third-order valence-corrected chi connectivity index (χ3v) is 4.73. The number of hydrogen-bond acceptors (Lipinski definition) is 3. The lowest BCUT2D eigenvalue weighted by molar-refractivity contribution is 0.584. The van der Waals surface area contributed by atoms with Crippen molar-refractivity contribution in [2.75, 3.05) is 11.4 Å². The topological polar surface area (TPSA) is 61.2 Å². The van der Waals surface area contributed by atoms with Crippen molar-refractivity contribution in [3.63, 3.8) is 0 Å². The zero-order chi connectivity index (χ0) is 15.6. The number of halogens is 2. The van der Waals surface area contributed by atoms with Crippen LogP contribution in [0.4, 0.5) is 14.5 Å². The molecule has 0 heterocycles. The summed E-state index contributed by atoms with van der Waals surface area (Å²) >= 11 is 0. The predicted octanol–water partition coefficient (Wildman–Crippen LogP) is 2.66. The van der Waals surface area contributed by atoms with E-state index in [-0.39, 0.29) is 5.69 Å². The van der Waals surface area contributed by atoms with Gasteiger partial charge >= 0.3 is 0 Å². The molecule has 0 bridgehead atoms. The fourth-order valence-electron chi connectivity index (χ4n) is 1.81. The number of sulfonamides is 1. The summed E-state index contributed by atoms with van der Waals surface area (Å²) in [7, 11) is -3.11. The highest BCUT2D eigenvalue weighted by Crippen LogP contribution is 2.27. The van der Waals surface area contributed by atoms with Crippen molar-refractivity contribution in [1.82, 2.24) is 0 Å². The largest absolute Gasteiger partial charge is 0.266 e. The molecule has 2 aromatic carbocycles. The Hall–Kier alpha value is -2.46. The van der Waals surface area contributed by atoms with E-state index in [4.69, 9.17) is 5.26 Å². The standard InChI is InChI=1S/C14H10F2N2O2S/c1-18(13-7-3-2-5-12(13)16)21(19,20)14-8-4-6-11(15)10(14)9-17/h2-8H,1H3. The van der Waals surface area contributed by atoms with E-state index in [0.717, 1.165) is 25.2 Å². The average molecular weight is 308 g/mol. The molecule has 0 aromatic heterocycles. The third kappa shape index (κ3) is 2.58. The van der Waals surface area contributed by atoms with Gasteiger partial charge in [0.05, 0.1) is 5.69 Å². The second-order valence-electron chi connectivity index (χ2n) is 4.15. The number of nitrogens with zero attached hydrogens (tertiary/aromatic N) is 2. The molecule has 0 saturated heterocycles. The van der Waals surface area contributed by atoms with Crippen molar-refractivity contribution in [3.05, 3.63) is 59.7 Å². The van der Waals surface area contributed by atoms with Gasteiger partial charge in [0.2, 0.25) is 0 Å². The van der Waals surface area contributed by atoms with Crippen LogP contribution in [0.5, 0.6) is 0 Å². The van der Waals surface area contributed by atoms with Crippen LogP contribution >= 0.6 is 0 Å². The van der Waals surface area contributed by atoms with E-state index in [0.29, 0.717) is 4.31 Å². The monoisotopic (exact) mass is 308 g/mol. The molecule has 2 rings (SSSR count). The number of para-hydroxylation sites is 1. The second kappa shape index (κ2) is 5.50. The van der Waals surface area contributed by atoms with Gasteiger partial charge in [0.25, 0.3) is 10.0 Å². The molecular formula is C14H10F2N2O2S. The van der Waals surface area contributed by atoms with Gasteiger partial charge in [-0.25, -0.2) is 17.2 Å². The summed E-state index contributed by atoms with van der Waals surface area (Å²) in [5.74, 6) is -1.68. The van der Waals surface area contributed by atoms with Crippen LogP contribution in [0.15, 0.2) is 47.4 Å². The molecule has 4 nitrogen and oxygen atoms in total. The Morgan fingerprint density at radius 2 is 1.67 bits per heavy atom. The Kier molecular flexibility index (Phi) is 3.91. The lowest BCUT2D eigenvalue weighted by atomic mass is 10.2. The van der Waals surface area contributed by atoms with Gasteiger partial charge in [0, 0.05) is 7.05 Å². The van der Waals surface area contributed by atoms with E-state index in [1.54, 1.807) is 0 Å². The SMILES string of the molecule is CN(c1ccccc1F)S(=O)(=O)c1cccc(F)c1C#N. The van der Waals surface area contributed by atoms with Gasteiger partial charge in [-0.05, 0) is 24.3 Å². The summed E-state index contributed by atoms with van der Waals surface area (Å²) in [4.78, 5) is -0.504. The molecule has 0 fully saturated rings. The molecule has 7 heteroatoms. The summed E-state index contributed by atoms with van der Waals surface area (Å²) < 4.78 is 52.8. The van der Waals surface area contributed by atoms with E-state index in [1.807, 2.05) is 0 Å². The van der Waals surface area contributed by atoms with Gasteiger partial charge in [-0.2, -0.15) is 5.26 Å². The highest BCUT2D eigenvalue weighted by atomic mass is 32.2. The van der Waals surface area contributed by atoms with E-state index in [2.05, 4.69) is 0 Å². The molecule has 21 heavy (non-hydrogen) atoms. The third-order valence-electron chi connectivity index (χ3n) is 2.92. The number of benzene rings is 2. The van der Waals surface area contributed by atoms with Crippen LogP contribution in [0.1, 0.15) is 5.56 Å². The maximum Gasteiger partial charge on any atom is 0.265 e. The zero-order valence-corrected chi connectivity index (χ0v) is 11.7. The van der Waals surface area contributed by atoms with E-state index in [9.17, 15) is 17.2 Å². The summed E-state index contributed by atoms with van der Waals surface area (Å²) in [6, 6.07) is 10.1. The van der Waals surface area contributed by atoms with Crippen molar-refractivity contribution in [2.45, 2.75) is 4.90 Å². The van der Waals surface area contributed by atoms with Crippen LogP contribution < -0.4 is 4.31 Å². The Bertz CT molecular complexity index is 829. The molecule has 0 aliphatic carbocycles. The minimum Gasteiger partial charge on any atom is -0.266 e. The lowest BCUT2D eigenvalue weighted by Gasteiger charge is -2.20. The Balaban J connectivity index is 2.62. The van der Waals surface area contributed by atoms with Crippen molar-refractivity contribution in [3.8, 4) is 6.07 Å². The van der Waals surface area contributed by atoms with Gasteiger partial charge in [-0.15, -0.1) is 0 Å². The summed E-state index contributed by atoms with van der Waals surface area (Å²) in [6.45, 7) is 0. The molecule has 0 radical (unpaired) electrons. The Morgan fingerprint density at radius 3 is 2.29 bits per heavy atom. The van der Waals surface area contributed by atoms with E-state index in [1.165, 1.54) is 30.3 Å². The lowest BCUT2D eigenvalue weighted by Crippen LogP contribution is -2.28. The smallest absolute Gasteiger partial charge is 0.265 e. The fraction of sp³-hybridized carbons (Fsp3) is 0.0714. The van der Waals surface area contributed by atoms with Gasteiger partial charge in [-0.1, -0.05) is 18.2 Å². The number of nitriles is 1. The van der Waals surface area contributed by atoms with Crippen LogP contribution in [-0.2, 0) is 10.0 Å². The highest BCUT2D eigenvalue weighted by Gasteiger charge is 2.27. The molecular weight excluding hydrogens is 298 g/mol. The van der Waals surface area contributed by atoms with Crippen molar-refractivity contribution >= 4 is 15.7 Å². The summed E-state index contributed by atoms with van der Waals surface area (Å²) in [5.41, 5.74) is -0.786. The van der Waals surface area contributed by atoms with Crippen LogP contribution in [0.25, 0.3) is 0 Å². The van der Waals surface area contributed by atoms with Gasteiger partial charge in [0.1, 0.15) is 28.2 Å². The maximum atomic E-state index is 13.7. The minimum absolute atomic E-state index is 0.189. The first-order chi connectivity index (χ1) is 9.89. The predicted molar refractivity (Wildman–Crippen MR) is 73.1 cm³/mol. The maximum absolute atomic E-state index is 13.7. The molecule has 0 spiro atoms. The molecule has 2 aromatic rings. The van der Waals surface area contributed by atoms with Crippen LogP contribution in [0, 0.1) is 23.0 Å². The Morgan fingerprint density at radius 1 is 1.05 bits per heavy atom. The van der Waals surface area contributed by atoms with Crippen molar-refractivity contribution in [1.29, 1.82) is 5.26 Å². The second-order valence-corrected chi connectivity index (χ2v) is 6.09. The summed E-state index contributed by atoms with van der Waals surface area (Å²) in [6.07, 6.45) is 0. The van der Waals surface area contributed by atoms with Crippen LogP contribution in [0.3, 0.4) is 0 Å². The average Bonchev–Trinajstić information content (AvgIpc) is 2.46. The number of rotatable bonds is 3. The molecule has 0 aliphatic rings. The number of hydrogen-bond donors (Lipinski definition) is 0. The first-order valence-corrected chi connectivity index (χ1v) is 7.25. The van der Waals surface area contributed by atoms with Crippen molar-refractivity contribution < 1.29 is 17.2 Å². The molecule has 108 valence electrons. The normalized spacial score (nSPS) is 11.0. The zero-order valence-electron chi connectivity index (χ0n) is 10.9. The van der Waals surface area contributed by atoms with Gasteiger partial charge < -0.3 is 0 Å². The van der Waals surface area contributed by atoms with E-state index < -0.39 is 32.1 Å². The molecule has 0 aliphatic heterocycles. The van der Waals surface area contributed by atoms with Gasteiger partial charge in [0.15, 0.2) is 0 Å². The van der Waals surface area contributed by atoms with Crippen molar-refractivity contribution in [2.24, 2.45) is 0 Å². The van der Waals surface area contributed by atoms with E-state index >= 15 is 0 Å². The molecule has 0 unspecified atom stereocenters. The summed E-state index contributed by atoms with van der Waals surface area (Å²) in [5, 5.41) is 8.92. The molecule has 0 atom stereocenters. The molecule has 0 amide bonds. The highest BCUT2D eigenvalue weighted by molar-refractivity contribution is 7.92. The van der Waals surface area contributed by atoms with Crippen LogP contribution in [-0.4, -0.2) is 15.5 Å². The minimum atomic E-state index is -4.25. The first kappa shape index (κ1) is 14.9. The Labute approximate surface area is 120 Å². The quantitative estimate of drug-likeness (QED) is 0.876. The molecule has 0 N–H and O–H groups in total. The number of anilines is 1. The van der Waals surface area contributed by atoms with Crippen LogP contribution in [0.2, 0.25) is 0 Å².